The zero-order valence-electron chi connectivity index (χ0n) is 10.2. The van der Waals surface area contributed by atoms with Gasteiger partial charge in [-0.3, -0.25) is 14.6 Å². The number of rotatable bonds is 4. The van der Waals surface area contributed by atoms with Crippen molar-refractivity contribution in [1.82, 2.24) is 14.8 Å². The fourth-order valence-corrected chi connectivity index (χ4v) is 1.88. The topological polar surface area (TPSA) is 59.9 Å². The molecule has 0 aliphatic heterocycles. The number of nitrogens with zero attached hydrogens (tertiary/aromatic N) is 2. The van der Waals surface area contributed by atoms with Crippen molar-refractivity contribution in [2.75, 3.05) is 6.61 Å². The third-order valence-electron chi connectivity index (χ3n) is 2.42. The summed E-state index contributed by atoms with van der Waals surface area (Å²) in [6, 6.07) is 7.27. The first-order valence-electron chi connectivity index (χ1n) is 5.62. The van der Waals surface area contributed by atoms with E-state index < -0.39 is 0 Å². The van der Waals surface area contributed by atoms with Gasteiger partial charge < -0.3 is 4.74 Å². The molecule has 1 aromatic heterocycles. The van der Waals surface area contributed by atoms with Crippen LogP contribution in [0.3, 0.4) is 0 Å². The molecule has 1 N–H and O–H groups in total. The van der Waals surface area contributed by atoms with Gasteiger partial charge in [-0.15, -0.1) is 0 Å². The van der Waals surface area contributed by atoms with Gasteiger partial charge in [-0.05, 0) is 36.5 Å². The van der Waals surface area contributed by atoms with Gasteiger partial charge in [-0.2, -0.15) is 4.98 Å². The van der Waals surface area contributed by atoms with Crippen LogP contribution in [0.15, 0.2) is 24.3 Å². The second-order valence-electron chi connectivity index (χ2n) is 3.85. The largest absolute Gasteiger partial charge is 0.464 e. The zero-order chi connectivity index (χ0) is 13.8. The van der Waals surface area contributed by atoms with E-state index in [2.05, 4.69) is 10.1 Å². The molecule has 0 fully saturated rings. The van der Waals surface area contributed by atoms with Crippen LogP contribution in [-0.2, 0) is 16.1 Å². The Morgan fingerprint density at radius 2 is 2.16 bits per heavy atom. The van der Waals surface area contributed by atoms with E-state index in [0.29, 0.717) is 22.2 Å². The van der Waals surface area contributed by atoms with Gasteiger partial charge in [0.1, 0.15) is 6.61 Å². The van der Waals surface area contributed by atoms with Crippen molar-refractivity contribution in [1.29, 1.82) is 0 Å². The summed E-state index contributed by atoms with van der Waals surface area (Å²) in [4.78, 5) is 14.9. The summed E-state index contributed by atoms with van der Waals surface area (Å²) < 4.78 is 6.93. The molecule has 0 aliphatic rings. The molecular formula is C12H12ClN3O2S. The highest BCUT2D eigenvalue weighted by Gasteiger charge is 2.05. The highest BCUT2D eigenvalue weighted by atomic mass is 35.5. The Morgan fingerprint density at radius 1 is 1.47 bits per heavy atom. The molecular weight excluding hydrogens is 286 g/mol. The van der Waals surface area contributed by atoms with Gasteiger partial charge in [0, 0.05) is 17.5 Å². The number of halogens is 1. The Hall–Kier alpha value is -1.66. The number of hydrogen-bond acceptors (Lipinski definition) is 4. The fraction of sp³-hybridized carbons (Fsp3) is 0.250. The Kier molecular flexibility index (Phi) is 4.34. The van der Waals surface area contributed by atoms with Crippen molar-refractivity contribution in [3.63, 3.8) is 0 Å². The van der Waals surface area contributed by atoms with Gasteiger partial charge in [-0.25, -0.2) is 0 Å². The van der Waals surface area contributed by atoms with E-state index in [1.54, 1.807) is 16.8 Å². The quantitative estimate of drug-likeness (QED) is 0.696. The molecule has 0 radical (unpaired) electrons. The van der Waals surface area contributed by atoms with Crippen LogP contribution in [0.2, 0.25) is 5.02 Å². The maximum Gasteiger partial charge on any atom is 0.302 e. The number of carbonyl (C=O) groups excluding carboxylic acids is 1. The monoisotopic (exact) mass is 297 g/mol. The number of benzene rings is 1. The smallest absolute Gasteiger partial charge is 0.302 e. The first-order chi connectivity index (χ1) is 9.06. The highest BCUT2D eigenvalue weighted by molar-refractivity contribution is 7.71. The summed E-state index contributed by atoms with van der Waals surface area (Å²) in [5, 5.41) is 3.72. The average Bonchev–Trinajstić information content (AvgIpc) is 2.71. The minimum Gasteiger partial charge on any atom is -0.464 e. The summed E-state index contributed by atoms with van der Waals surface area (Å²) in [7, 11) is 0. The molecule has 0 atom stereocenters. The molecule has 1 heterocycles. The minimum absolute atomic E-state index is 0.256. The highest BCUT2D eigenvalue weighted by Crippen LogP contribution is 2.17. The molecule has 0 saturated heterocycles. The number of aromatic nitrogens is 3. The lowest BCUT2D eigenvalue weighted by atomic mass is 10.2. The van der Waals surface area contributed by atoms with Crippen molar-refractivity contribution >= 4 is 29.8 Å². The third-order valence-corrected chi connectivity index (χ3v) is 2.98. The van der Waals surface area contributed by atoms with Gasteiger partial charge in [0.05, 0.1) is 6.54 Å². The molecule has 1 aromatic carbocycles. The first kappa shape index (κ1) is 13.8. The Labute approximate surface area is 120 Å². The Bertz CT molecular complexity index is 633. The number of hydrogen-bond donors (Lipinski definition) is 1. The van der Waals surface area contributed by atoms with Crippen LogP contribution in [0.1, 0.15) is 6.92 Å². The van der Waals surface area contributed by atoms with Crippen LogP contribution in [-0.4, -0.2) is 27.3 Å². The second-order valence-corrected chi connectivity index (χ2v) is 4.65. The van der Waals surface area contributed by atoms with Crippen molar-refractivity contribution in [3.05, 3.63) is 34.1 Å². The lowest BCUT2D eigenvalue weighted by molar-refractivity contribution is -0.141. The predicted octanol–water partition coefficient (Wildman–Crippen LogP) is 2.82. The van der Waals surface area contributed by atoms with Crippen LogP contribution < -0.4 is 0 Å². The van der Waals surface area contributed by atoms with Gasteiger partial charge in [-0.1, -0.05) is 11.6 Å². The van der Waals surface area contributed by atoms with Crippen LogP contribution in [0.4, 0.5) is 0 Å². The first-order valence-corrected chi connectivity index (χ1v) is 6.41. The second kappa shape index (κ2) is 5.99. The van der Waals surface area contributed by atoms with E-state index in [1.807, 2.05) is 12.1 Å². The molecule has 0 unspecified atom stereocenters. The molecule has 5 nitrogen and oxygen atoms in total. The van der Waals surface area contributed by atoms with Crippen LogP contribution >= 0.6 is 23.8 Å². The molecule has 0 saturated carbocycles. The lowest BCUT2D eigenvalue weighted by Gasteiger charge is -2.02. The van der Waals surface area contributed by atoms with Crippen molar-refractivity contribution in [2.24, 2.45) is 0 Å². The predicted molar refractivity (Wildman–Crippen MR) is 74.5 cm³/mol. The summed E-state index contributed by atoms with van der Waals surface area (Å²) in [5.74, 6) is 0.341. The zero-order valence-corrected chi connectivity index (χ0v) is 11.8. The molecule has 2 rings (SSSR count). The van der Waals surface area contributed by atoms with Crippen molar-refractivity contribution < 1.29 is 9.53 Å². The van der Waals surface area contributed by atoms with Gasteiger partial charge in [0.15, 0.2) is 5.82 Å². The van der Waals surface area contributed by atoms with E-state index >= 15 is 0 Å². The SMILES string of the molecule is CC(=O)OCCn1[nH]c(-c2ccc(Cl)cc2)nc1=S. The summed E-state index contributed by atoms with van der Waals surface area (Å²) in [5.41, 5.74) is 0.890. The van der Waals surface area contributed by atoms with Gasteiger partial charge in [0.2, 0.25) is 4.77 Å². The third kappa shape index (κ3) is 3.65. The Morgan fingerprint density at radius 3 is 2.79 bits per heavy atom. The fourth-order valence-electron chi connectivity index (χ4n) is 1.53. The summed E-state index contributed by atoms with van der Waals surface area (Å²) >= 11 is 11.0. The number of aromatic amines is 1. The molecule has 0 aliphatic carbocycles. The van der Waals surface area contributed by atoms with Crippen molar-refractivity contribution in [2.45, 2.75) is 13.5 Å². The Balaban J connectivity index is 2.14. The average molecular weight is 298 g/mol. The number of H-pyrrole nitrogens is 1. The molecule has 2 aromatic rings. The van der Waals surface area contributed by atoms with E-state index in [4.69, 9.17) is 28.6 Å². The summed E-state index contributed by atoms with van der Waals surface area (Å²) in [6.45, 7) is 2.07. The number of carbonyl (C=O) groups is 1. The maximum atomic E-state index is 10.7. The van der Waals surface area contributed by atoms with Crippen LogP contribution in [0, 0.1) is 4.77 Å². The van der Waals surface area contributed by atoms with E-state index in [0.717, 1.165) is 5.56 Å². The van der Waals surface area contributed by atoms with Crippen LogP contribution in [0.5, 0.6) is 0 Å². The lowest BCUT2D eigenvalue weighted by Crippen LogP contribution is -2.10. The molecule has 100 valence electrons. The number of nitrogens with one attached hydrogen (secondary N) is 1. The molecule has 19 heavy (non-hydrogen) atoms. The normalized spacial score (nSPS) is 10.4. The van der Waals surface area contributed by atoms with Gasteiger partial charge >= 0.3 is 5.97 Å². The molecule has 7 heteroatoms. The molecule has 0 spiro atoms. The van der Waals surface area contributed by atoms with E-state index in [1.165, 1.54) is 6.92 Å². The van der Waals surface area contributed by atoms with E-state index in [-0.39, 0.29) is 12.6 Å². The van der Waals surface area contributed by atoms with Gasteiger partial charge in [0.25, 0.3) is 0 Å². The number of esters is 1. The standard InChI is InChI=1S/C12H12ClN3O2S/c1-8(17)18-7-6-16-12(19)14-11(15-16)9-2-4-10(13)5-3-9/h2-5H,6-7H2,1H3,(H,14,15,19). The molecule has 0 amide bonds. The van der Waals surface area contributed by atoms with Crippen molar-refractivity contribution in [3.8, 4) is 11.4 Å². The van der Waals surface area contributed by atoms with E-state index in [9.17, 15) is 4.79 Å². The molecule has 0 bridgehead atoms. The maximum absolute atomic E-state index is 10.7. The minimum atomic E-state index is -0.316. The number of ether oxygens (including phenoxy) is 1. The summed E-state index contributed by atoms with van der Waals surface area (Å²) in [6.07, 6.45) is 0. The van der Waals surface area contributed by atoms with Crippen LogP contribution in [0.25, 0.3) is 11.4 Å².